The largest absolute Gasteiger partial charge is 0.379 e. The average Bonchev–Trinajstić information content (AvgIpc) is 3.29. The lowest BCUT2D eigenvalue weighted by Crippen LogP contribution is -2.38. The summed E-state index contributed by atoms with van der Waals surface area (Å²) in [5.41, 5.74) is 10.4. The summed E-state index contributed by atoms with van der Waals surface area (Å²) in [5.74, 6) is -0.310. The molecule has 0 radical (unpaired) electrons. The number of anilines is 1. The number of amides is 3. The van der Waals surface area contributed by atoms with Crippen LogP contribution in [0.2, 0.25) is 0 Å². The van der Waals surface area contributed by atoms with Gasteiger partial charge in [0.25, 0.3) is 5.69 Å². The number of benzene rings is 1. The van der Waals surface area contributed by atoms with Crippen LogP contribution >= 0.6 is 0 Å². The first-order valence-corrected chi connectivity index (χ1v) is 10.8. The zero-order chi connectivity index (χ0) is 23.8. The van der Waals surface area contributed by atoms with Gasteiger partial charge in [-0.15, -0.1) is 0 Å². The maximum Gasteiger partial charge on any atom is 0.314 e. The number of aromatic nitrogens is 2. The van der Waals surface area contributed by atoms with E-state index in [2.05, 4.69) is 25.8 Å². The Kier molecular flexibility index (Phi) is 7.95. The van der Waals surface area contributed by atoms with E-state index in [1.54, 1.807) is 29.6 Å². The molecule has 3 rings (SSSR count). The standard InChI is InChI=1S/C21H28N8O4/c1-14-10-19(30)26-27-20(14)15-5-6-17(18(11-15)29(32)33)24-7-3-9-28(21(22)31)8-2-4-16-12-23-13-25-16/h5-6,11-14,24H,2-4,7-10H2,1H3,(H2,22,31)(H,23,25)(H,26,30). The van der Waals surface area contributed by atoms with E-state index in [4.69, 9.17) is 5.73 Å². The predicted octanol–water partition coefficient (Wildman–Crippen LogP) is 1.99. The molecule has 176 valence electrons. The minimum Gasteiger partial charge on any atom is -0.379 e. The Hall–Kier alpha value is -3.96. The van der Waals surface area contributed by atoms with Crippen molar-refractivity contribution >= 4 is 29.0 Å². The zero-order valence-corrected chi connectivity index (χ0v) is 18.4. The lowest BCUT2D eigenvalue weighted by atomic mass is 9.93. The number of carbonyl (C=O) groups excluding carboxylic acids is 2. The minimum absolute atomic E-state index is 0.0781. The maximum atomic E-state index is 11.7. The number of aryl methyl sites for hydroxylation is 1. The van der Waals surface area contributed by atoms with E-state index in [0.29, 0.717) is 43.0 Å². The second-order valence-electron chi connectivity index (χ2n) is 7.91. The van der Waals surface area contributed by atoms with Gasteiger partial charge in [-0.2, -0.15) is 5.10 Å². The van der Waals surface area contributed by atoms with Crippen LogP contribution in [0.25, 0.3) is 0 Å². The molecule has 1 atom stereocenters. The molecule has 2 heterocycles. The summed E-state index contributed by atoms with van der Waals surface area (Å²) in [6, 6.07) is 4.34. The number of hydrogen-bond donors (Lipinski definition) is 4. The van der Waals surface area contributed by atoms with Gasteiger partial charge in [0.05, 0.1) is 17.0 Å². The van der Waals surface area contributed by atoms with Gasteiger partial charge >= 0.3 is 6.03 Å². The molecule has 1 aromatic heterocycles. The highest BCUT2D eigenvalue weighted by molar-refractivity contribution is 6.06. The molecule has 12 nitrogen and oxygen atoms in total. The number of rotatable bonds is 11. The maximum absolute atomic E-state index is 11.7. The van der Waals surface area contributed by atoms with E-state index in [1.807, 2.05) is 6.92 Å². The molecule has 1 aromatic carbocycles. The molecular formula is C21H28N8O4. The number of nitro groups is 1. The molecule has 0 fully saturated rings. The Balaban J connectivity index is 1.54. The lowest BCUT2D eigenvalue weighted by Gasteiger charge is -2.21. The molecule has 2 aromatic rings. The number of aromatic amines is 1. The first kappa shape index (κ1) is 23.7. The Labute approximate surface area is 190 Å². The Morgan fingerprint density at radius 2 is 2.15 bits per heavy atom. The van der Waals surface area contributed by atoms with Crippen molar-refractivity contribution in [1.82, 2.24) is 20.3 Å². The third-order valence-electron chi connectivity index (χ3n) is 5.41. The monoisotopic (exact) mass is 456 g/mol. The smallest absolute Gasteiger partial charge is 0.314 e. The lowest BCUT2D eigenvalue weighted by molar-refractivity contribution is -0.384. The van der Waals surface area contributed by atoms with E-state index in [1.165, 1.54) is 6.07 Å². The number of primary amides is 1. The van der Waals surface area contributed by atoms with Crippen LogP contribution in [-0.2, 0) is 11.2 Å². The Morgan fingerprint density at radius 1 is 1.36 bits per heavy atom. The van der Waals surface area contributed by atoms with Crippen LogP contribution in [0.1, 0.15) is 37.4 Å². The number of nitrogens with one attached hydrogen (secondary N) is 3. The molecule has 1 aliphatic heterocycles. The van der Waals surface area contributed by atoms with Crippen molar-refractivity contribution in [3.05, 3.63) is 52.1 Å². The first-order valence-electron chi connectivity index (χ1n) is 10.8. The van der Waals surface area contributed by atoms with Crippen molar-refractivity contribution in [1.29, 1.82) is 0 Å². The molecule has 3 amide bonds. The van der Waals surface area contributed by atoms with E-state index in [-0.39, 0.29) is 23.9 Å². The number of hydrazone groups is 1. The molecular weight excluding hydrogens is 428 g/mol. The molecule has 5 N–H and O–H groups in total. The third-order valence-corrected chi connectivity index (χ3v) is 5.41. The van der Waals surface area contributed by atoms with Gasteiger partial charge in [0.15, 0.2) is 0 Å². The van der Waals surface area contributed by atoms with Gasteiger partial charge in [-0.3, -0.25) is 14.9 Å². The topological polar surface area (TPSA) is 172 Å². The van der Waals surface area contributed by atoms with Crippen LogP contribution in [0.3, 0.4) is 0 Å². The van der Waals surface area contributed by atoms with Gasteiger partial charge in [0, 0.05) is 55.5 Å². The first-order chi connectivity index (χ1) is 15.8. The van der Waals surface area contributed by atoms with E-state index < -0.39 is 11.0 Å². The summed E-state index contributed by atoms with van der Waals surface area (Å²) >= 11 is 0. The number of carbonyl (C=O) groups is 2. The summed E-state index contributed by atoms with van der Waals surface area (Å²) in [4.78, 5) is 42.9. The number of nitrogens with two attached hydrogens (primary N) is 1. The third kappa shape index (κ3) is 6.51. The fourth-order valence-electron chi connectivity index (χ4n) is 3.70. The number of nitro benzene ring substituents is 1. The number of hydrogen-bond acceptors (Lipinski definition) is 7. The molecule has 1 unspecified atom stereocenters. The molecule has 0 bridgehead atoms. The molecule has 33 heavy (non-hydrogen) atoms. The highest BCUT2D eigenvalue weighted by atomic mass is 16.6. The van der Waals surface area contributed by atoms with Gasteiger partial charge in [0.2, 0.25) is 5.91 Å². The van der Waals surface area contributed by atoms with Gasteiger partial charge in [-0.1, -0.05) is 13.0 Å². The van der Waals surface area contributed by atoms with E-state index in [0.717, 1.165) is 18.5 Å². The number of urea groups is 1. The van der Waals surface area contributed by atoms with Crippen molar-refractivity contribution in [2.75, 3.05) is 25.0 Å². The second kappa shape index (κ2) is 11.1. The summed E-state index contributed by atoms with van der Waals surface area (Å²) in [6.45, 7) is 3.23. The van der Waals surface area contributed by atoms with E-state index >= 15 is 0 Å². The van der Waals surface area contributed by atoms with Gasteiger partial charge in [-0.25, -0.2) is 15.2 Å². The van der Waals surface area contributed by atoms with Gasteiger partial charge in [-0.05, 0) is 25.3 Å². The van der Waals surface area contributed by atoms with Crippen LogP contribution in [0.4, 0.5) is 16.2 Å². The fourth-order valence-corrected chi connectivity index (χ4v) is 3.70. The van der Waals surface area contributed by atoms with Crippen LogP contribution in [0.5, 0.6) is 0 Å². The van der Waals surface area contributed by atoms with Gasteiger partial charge in [0.1, 0.15) is 5.69 Å². The summed E-state index contributed by atoms with van der Waals surface area (Å²) in [7, 11) is 0. The van der Waals surface area contributed by atoms with Gasteiger partial charge < -0.3 is 20.9 Å². The quantitative estimate of drug-likeness (QED) is 0.229. The summed E-state index contributed by atoms with van der Waals surface area (Å²) in [6.07, 6.45) is 5.71. The highest BCUT2D eigenvalue weighted by Crippen LogP contribution is 2.28. The summed E-state index contributed by atoms with van der Waals surface area (Å²) in [5, 5.41) is 18.8. The highest BCUT2D eigenvalue weighted by Gasteiger charge is 2.24. The number of nitrogens with zero attached hydrogens (tertiary/aromatic N) is 4. The van der Waals surface area contributed by atoms with Crippen LogP contribution in [-0.4, -0.2) is 57.1 Å². The molecule has 12 heteroatoms. The SMILES string of the molecule is CC1CC(=O)NN=C1c1ccc(NCCCN(CCCc2cnc[nH]2)C(N)=O)c([N+](=O)[O-])c1. The predicted molar refractivity (Wildman–Crippen MR) is 123 cm³/mol. The fraction of sp³-hybridized carbons (Fsp3) is 0.429. The van der Waals surface area contributed by atoms with E-state index in [9.17, 15) is 19.7 Å². The molecule has 0 aliphatic carbocycles. The van der Waals surface area contributed by atoms with Crippen LogP contribution < -0.4 is 16.5 Å². The average molecular weight is 457 g/mol. The zero-order valence-electron chi connectivity index (χ0n) is 18.4. The van der Waals surface area contributed by atoms with Crippen molar-refractivity contribution in [3.8, 4) is 0 Å². The summed E-state index contributed by atoms with van der Waals surface area (Å²) < 4.78 is 0. The molecule has 1 aliphatic rings. The number of H-pyrrole nitrogens is 1. The normalized spacial score (nSPS) is 15.5. The molecule has 0 saturated carbocycles. The molecule has 0 spiro atoms. The van der Waals surface area contributed by atoms with Crippen LogP contribution in [0.15, 0.2) is 35.8 Å². The second-order valence-corrected chi connectivity index (χ2v) is 7.91. The van der Waals surface area contributed by atoms with Crippen LogP contribution in [0, 0.1) is 16.0 Å². The van der Waals surface area contributed by atoms with Crippen molar-refractivity contribution < 1.29 is 14.5 Å². The minimum atomic E-state index is -0.496. The van der Waals surface area contributed by atoms with Crippen molar-refractivity contribution in [2.24, 2.45) is 16.8 Å². The van der Waals surface area contributed by atoms with Crippen molar-refractivity contribution in [3.63, 3.8) is 0 Å². The molecule has 0 saturated heterocycles. The Morgan fingerprint density at radius 3 is 2.82 bits per heavy atom. The Bertz CT molecular complexity index is 1020. The number of imidazole rings is 1. The van der Waals surface area contributed by atoms with Crippen molar-refractivity contribution in [2.45, 2.75) is 32.6 Å².